The minimum Gasteiger partial charge on any atom is -0.521 e. The van der Waals surface area contributed by atoms with E-state index in [0.717, 1.165) is 40.3 Å². The molecule has 1 radical (unpaired) electrons. The Morgan fingerprint density at radius 3 is 2.39 bits per heavy atom. The van der Waals surface area contributed by atoms with Gasteiger partial charge in [-0.05, 0) is 44.0 Å². The summed E-state index contributed by atoms with van der Waals surface area (Å²) in [6.07, 6.45) is 2.69. The van der Waals surface area contributed by atoms with Crippen LogP contribution in [0.15, 0.2) is 89.9 Å². The Morgan fingerprint density at radius 1 is 1.13 bits per heavy atom. The van der Waals surface area contributed by atoms with Gasteiger partial charge in [-0.3, -0.25) is 5.01 Å². The molecule has 31 heavy (non-hydrogen) atoms. The van der Waals surface area contributed by atoms with Gasteiger partial charge < -0.3 is 10.2 Å². The van der Waals surface area contributed by atoms with Crippen LogP contribution in [-0.4, -0.2) is 24.3 Å². The first-order valence-electron chi connectivity index (χ1n) is 10.3. The van der Waals surface area contributed by atoms with Gasteiger partial charge in [0.1, 0.15) is 0 Å². The first-order chi connectivity index (χ1) is 14.4. The van der Waals surface area contributed by atoms with Crippen molar-refractivity contribution in [3.8, 4) is 0 Å². The first kappa shape index (κ1) is 25.1. The van der Waals surface area contributed by atoms with E-state index in [9.17, 15) is 0 Å². The summed E-state index contributed by atoms with van der Waals surface area (Å²) in [5.41, 5.74) is 6.72. The van der Waals surface area contributed by atoms with Gasteiger partial charge in [-0.15, -0.1) is 6.42 Å². The molecule has 2 aromatic carbocycles. The number of nitrogens with one attached hydrogen (secondary N) is 1. The van der Waals surface area contributed by atoms with Crippen molar-refractivity contribution >= 4 is 17.5 Å². The molecule has 0 fully saturated rings. The Labute approximate surface area is 212 Å². The van der Waals surface area contributed by atoms with Crippen molar-refractivity contribution in [3.63, 3.8) is 0 Å². The van der Waals surface area contributed by atoms with Crippen molar-refractivity contribution in [2.24, 2.45) is 5.10 Å². The van der Waals surface area contributed by atoms with E-state index in [2.05, 4.69) is 92.2 Å². The normalized spacial score (nSPS) is 13.3. The van der Waals surface area contributed by atoms with Crippen molar-refractivity contribution < 1.29 is 32.7 Å². The molecule has 0 spiro atoms. The Morgan fingerprint density at radius 2 is 1.77 bits per heavy atom. The van der Waals surface area contributed by atoms with Gasteiger partial charge in [0.25, 0.3) is 0 Å². The maximum absolute atomic E-state index is 4.32. The third kappa shape index (κ3) is 6.18. The Kier molecular flexibility index (Phi) is 9.27. The number of benzene rings is 2. The predicted octanol–water partition coefficient (Wildman–Crippen LogP) is 5.58. The zero-order chi connectivity index (χ0) is 21.7. The third-order valence-electron chi connectivity index (χ3n) is 5.19. The summed E-state index contributed by atoms with van der Waals surface area (Å²) in [5, 5.41) is 9.50. The molecule has 5 heteroatoms. The maximum atomic E-state index is 4.32. The standard InChI is InChI=1S/C26H31N4.Y/c1-19(2)30(25-10-8-7-9-11-25)22(5)27-17-16-23-12-14-24(15-13-23)26-20(3)18-28-29(6)21(26)4;/h7-15,17-19,27H,4-5,16H2,1-3,6H3;/q-1;. The van der Waals surface area contributed by atoms with Crippen molar-refractivity contribution in [2.75, 3.05) is 11.9 Å². The van der Waals surface area contributed by atoms with Crippen molar-refractivity contribution in [1.82, 2.24) is 10.3 Å². The molecule has 0 aliphatic carbocycles. The van der Waals surface area contributed by atoms with Crippen LogP contribution in [0.1, 0.15) is 31.9 Å². The number of para-hydroxylation sites is 1. The van der Waals surface area contributed by atoms with Gasteiger partial charge in [0, 0.05) is 57.1 Å². The second-order valence-electron chi connectivity index (χ2n) is 7.77. The molecular weight excluding hydrogens is 457 g/mol. The van der Waals surface area contributed by atoms with Crippen LogP contribution >= 0.6 is 0 Å². The fraction of sp³-hybridized carbons (Fsp3) is 0.231. The van der Waals surface area contributed by atoms with Crippen LogP contribution in [0.3, 0.4) is 0 Å². The predicted molar refractivity (Wildman–Crippen MR) is 129 cm³/mol. The smallest absolute Gasteiger partial charge is 0.0689 e. The van der Waals surface area contributed by atoms with E-state index in [-0.39, 0.29) is 32.7 Å². The Hall–Kier alpha value is -2.17. The molecule has 0 saturated heterocycles. The molecule has 1 aliphatic heterocycles. The molecule has 0 unspecified atom stereocenters. The fourth-order valence-electron chi connectivity index (χ4n) is 3.61. The van der Waals surface area contributed by atoms with Crippen LogP contribution in [0, 0.1) is 6.54 Å². The fourth-order valence-corrected chi connectivity index (χ4v) is 3.61. The van der Waals surface area contributed by atoms with E-state index in [1.807, 2.05) is 36.5 Å². The van der Waals surface area contributed by atoms with E-state index in [0.29, 0.717) is 6.04 Å². The monoisotopic (exact) mass is 488 g/mol. The molecule has 0 atom stereocenters. The zero-order valence-electron chi connectivity index (χ0n) is 19.0. The number of allylic oxidation sites excluding steroid dienone is 2. The minimum atomic E-state index is 0. The molecule has 2 aromatic rings. The van der Waals surface area contributed by atoms with E-state index < -0.39 is 0 Å². The zero-order valence-corrected chi connectivity index (χ0v) is 21.8. The van der Waals surface area contributed by atoms with Crippen molar-refractivity contribution in [3.05, 3.63) is 103 Å². The summed E-state index contributed by atoms with van der Waals surface area (Å²) in [5.74, 6) is 0.870. The number of hydrogen-bond donors (Lipinski definition) is 1. The van der Waals surface area contributed by atoms with Gasteiger partial charge in [0.2, 0.25) is 0 Å². The largest absolute Gasteiger partial charge is 0.521 e. The molecule has 3 rings (SSSR count). The molecule has 1 N–H and O–H groups in total. The number of nitrogens with zero attached hydrogens (tertiary/aromatic N) is 3. The Balaban J connectivity index is 0.00000341. The summed E-state index contributed by atoms with van der Waals surface area (Å²) < 4.78 is 0. The van der Waals surface area contributed by atoms with Crippen molar-refractivity contribution in [1.29, 1.82) is 0 Å². The second-order valence-corrected chi connectivity index (χ2v) is 7.77. The maximum Gasteiger partial charge on any atom is 0.0689 e. The number of anilines is 1. The molecule has 0 amide bonds. The quantitative estimate of drug-likeness (QED) is 0.492. The van der Waals surface area contributed by atoms with Gasteiger partial charge in [0.05, 0.1) is 17.7 Å². The van der Waals surface area contributed by atoms with Crippen LogP contribution in [0.25, 0.3) is 5.57 Å². The van der Waals surface area contributed by atoms with Gasteiger partial charge in [-0.1, -0.05) is 61.2 Å². The molecular formula is C26H31N4Y-. The average molecular weight is 488 g/mol. The summed E-state index contributed by atoms with van der Waals surface area (Å²) in [7, 11) is 1.92. The SMILES string of the molecule is C=C1C(c2ccc(C[CH-]NC(=C)N(c3ccccc3)C(C)C)cc2)=C(C)C=NN1C.[Y]. The first-order valence-corrected chi connectivity index (χ1v) is 10.3. The molecule has 0 saturated carbocycles. The van der Waals surface area contributed by atoms with E-state index in [1.54, 1.807) is 0 Å². The molecule has 0 aromatic heterocycles. The van der Waals surface area contributed by atoms with Gasteiger partial charge in [-0.25, -0.2) is 6.54 Å². The number of likely N-dealkylation sites (N-methyl/N-ethyl adjacent to an activating group) is 1. The van der Waals surface area contributed by atoms with Crippen LogP contribution in [0.2, 0.25) is 0 Å². The third-order valence-corrected chi connectivity index (χ3v) is 5.19. The molecule has 1 heterocycles. The summed E-state index contributed by atoms with van der Waals surface area (Å²) >= 11 is 0. The molecule has 159 valence electrons. The number of hydrazone groups is 1. The van der Waals surface area contributed by atoms with Crippen LogP contribution in [0.4, 0.5) is 5.69 Å². The van der Waals surface area contributed by atoms with Crippen LogP contribution < -0.4 is 10.2 Å². The van der Waals surface area contributed by atoms with E-state index >= 15 is 0 Å². The number of rotatable bonds is 8. The summed E-state index contributed by atoms with van der Waals surface area (Å²) in [6.45, 7) is 16.9. The summed E-state index contributed by atoms with van der Waals surface area (Å²) in [4.78, 5) is 2.20. The van der Waals surface area contributed by atoms with Crippen molar-refractivity contribution in [2.45, 2.75) is 33.2 Å². The number of hydrogen-bond acceptors (Lipinski definition) is 4. The molecule has 1 aliphatic rings. The van der Waals surface area contributed by atoms with Gasteiger partial charge in [-0.2, -0.15) is 5.10 Å². The topological polar surface area (TPSA) is 30.9 Å². The second kappa shape index (κ2) is 11.5. The summed E-state index contributed by atoms with van der Waals surface area (Å²) in [6, 6.07) is 19.3. The molecule has 0 bridgehead atoms. The van der Waals surface area contributed by atoms with Crippen LogP contribution in [0.5, 0.6) is 0 Å². The van der Waals surface area contributed by atoms with Crippen LogP contribution in [-0.2, 0) is 39.1 Å². The van der Waals surface area contributed by atoms with E-state index in [4.69, 9.17) is 0 Å². The van der Waals surface area contributed by atoms with E-state index in [1.165, 1.54) is 5.56 Å². The minimum absolute atomic E-state index is 0. The average Bonchev–Trinajstić information content (AvgIpc) is 2.73. The Bertz CT molecular complexity index is 959. The molecule has 4 nitrogen and oxygen atoms in total. The van der Waals surface area contributed by atoms with Gasteiger partial charge >= 0.3 is 0 Å². The van der Waals surface area contributed by atoms with Gasteiger partial charge in [0.15, 0.2) is 0 Å².